The zero-order valence-electron chi connectivity index (χ0n) is 15.7. The first kappa shape index (κ1) is 18.7. The maximum absolute atomic E-state index is 12.4. The van der Waals surface area contributed by atoms with Crippen LogP contribution in [0.5, 0.6) is 0 Å². The summed E-state index contributed by atoms with van der Waals surface area (Å²) in [4.78, 5) is 30.6. The predicted molar refractivity (Wildman–Crippen MR) is 105 cm³/mol. The summed E-state index contributed by atoms with van der Waals surface area (Å²) in [6, 6.07) is 3.96. The molecule has 4 rings (SSSR count). The van der Waals surface area contributed by atoms with Crippen LogP contribution >= 0.6 is 15.9 Å². The topological polar surface area (TPSA) is 59.5 Å². The summed E-state index contributed by atoms with van der Waals surface area (Å²) in [6.07, 6.45) is 7.88. The lowest BCUT2D eigenvalue weighted by Gasteiger charge is -2.48. The molecule has 3 fully saturated rings. The number of halogens is 1. The number of pyridine rings is 1. The van der Waals surface area contributed by atoms with E-state index in [0.29, 0.717) is 11.8 Å². The van der Waals surface area contributed by atoms with Crippen LogP contribution in [0.1, 0.15) is 32.4 Å². The van der Waals surface area contributed by atoms with Crippen molar-refractivity contribution >= 4 is 33.9 Å². The molecule has 6 atom stereocenters. The van der Waals surface area contributed by atoms with E-state index in [1.165, 1.54) is 0 Å². The normalized spacial score (nSPS) is 35.7. The van der Waals surface area contributed by atoms with Crippen molar-refractivity contribution in [3.05, 3.63) is 34.6 Å². The van der Waals surface area contributed by atoms with Gasteiger partial charge in [-0.05, 0) is 71.7 Å². The first-order valence-electron chi connectivity index (χ1n) is 9.70. The van der Waals surface area contributed by atoms with Gasteiger partial charge in [0, 0.05) is 36.6 Å². The molecule has 5 nitrogen and oxygen atoms in total. The summed E-state index contributed by atoms with van der Waals surface area (Å²) >= 11 is 3.41. The number of carbonyl (C=O) groups is 2. The van der Waals surface area contributed by atoms with Crippen LogP contribution in [0.25, 0.3) is 6.08 Å². The lowest BCUT2D eigenvalue weighted by atomic mass is 9.59. The first-order valence-corrected chi connectivity index (χ1v) is 10.5. The van der Waals surface area contributed by atoms with E-state index in [2.05, 4.69) is 33.1 Å². The number of allylic oxidation sites excluding steroid dienone is 1. The SMILES string of the molecule is CC(=O)N1CC[C@@H]2[C@H](C[C@H]3C(=O)O[C@H](C)[C@H]3[C@H]2/C=C/c2ccc(Br)cn2)C1. The molecule has 0 aromatic carbocycles. The number of hydrogen-bond donors (Lipinski definition) is 0. The lowest BCUT2D eigenvalue weighted by Crippen LogP contribution is -2.51. The van der Waals surface area contributed by atoms with Crippen LogP contribution in [0.4, 0.5) is 0 Å². The molecule has 27 heavy (non-hydrogen) atoms. The van der Waals surface area contributed by atoms with Crippen LogP contribution in [0.2, 0.25) is 0 Å². The minimum atomic E-state index is -0.0638. The highest BCUT2D eigenvalue weighted by Crippen LogP contribution is 2.51. The third kappa shape index (κ3) is 3.56. The van der Waals surface area contributed by atoms with E-state index >= 15 is 0 Å². The van der Waals surface area contributed by atoms with Gasteiger partial charge >= 0.3 is 5.97 Å². The summed E-state index contributed by atoms with van der Waals surface area (Å²) in [5.41, 5.74) is 0.913. The second-order valence-corrected chi connectivity index (χ2v) is 8.99. The molecule has 2 aliphatic heterocycles. The Morgan fingerprint density at radius 1 is 1.41 bits per heavy atom. The predicted octanol–water partition coefficient (Wildman–Crippen LogP) is 3.54. The number of nitrogens with zero attached hydrogens (tertiary/aromatic N) is 2. The molecule has 1 saturated carbocycles. The van der Waals surface area contributed by atoms with E-state index in [0.717, 1.165) is 36.1 Å². The zero-order valence-corrected chi connectivity index (χ0v) is 17.3. The minimum Gasteiger partial charge on any atom is -0.462 e. The molecular weight excluding hydrogens is 408 g/mol. The molecule has 0 spiro atoms. The largest absolute Gasteiger partial charge is 0.462 e. The summed E-state index contributed by atoms with van der Waals surface area (Å²) in [6.45, 7) is 5.21. The second-order valence-electron chi connectivity index (χ2n) is 8.08. The number of fused-ring (bicyclic) bond motifs is 2. The Morgan fingerprint density at radius 2 is 2.22 bits per heavy atom. The van der Waals surface area contributed by atoms with Gasteiger partial charge in [-0.1, -0.05) is 6.08 Å². The van der Waals surface area contributed by atoms with Gasteiger partial charge in [0.05, 0.1) is 11.6 Å². The van der Waals surface area contributed by atoms with Crippen molar-refractivity contribution < 1.29 is 14.3 Å². The number of hydrogen-bond acceptors (Lipinski definition) is 4. The smallest absolute Gasteiger partial charge is 0.309 e. The molecule has 1 aliphatic carbocycles. The van der Waals surface area contributed by atoms with Crippen LogP contribution in [0.3, 0.4) is 0 Å². The Balaban J connectivity index is 1.62. The van der Waals surface area contributed by atoms with Crippen molar-refractivity contribution in [2.75, 3.05) is 13.1 Å². The summed E-state index contributed by atoms with van der Waals surface area (Å²) in [5.74, 6) is 1.33. The highest BCUT2D eigenvalue weighted by Gasteiger charge is 2.54. The van der Waals surface area contributed by atoms with Crippen molar-refractivity contribution in [1.82, 2.24) is 9.88 Å². The number of ether oxygens (including phenoxy) is 1. The van der Waals surface area contributed by atoms with Gasteiger partial charge in [0.2, 0.25) is 5.91 Å². The van der Waals surface area contributed by atoms with Gasteiger partial charge in [-0.3, -0.25) is 14.6 Å². The zero-order chi connectivity index (χ0) is 19.1. The fourth-order valence-electron chi connectivity index (χ4n) is 5.34. The number of amides is 1. The van der Waals surface area contributed by atoms with Crippen LogP contribution in [-0.2, 0) is 14.3 Å². The Hall–Kier alpha value is -1.69. The summed E-state index contributed by atoms with van der Waals surface area (Å²) < 4.78 is 6.57. The molecule has 0 unspecified atom stereocenters. The molecule has 0 bridgehead atoms. The minimum absolute atomic E-state index is 0.0539. The van der Waals surface area contributed by atoms with E-state index < -0.39 is 0 Å². The molecule has 1 amide bonds. The summed E-state index contributed by atoms with van der Waals surface area (Å²) in [7, 11) is 0. The number of piperidine rings is 1. The fourth-order valence-corrected chi connectivity index (χ4v) is 5.57. The molecule has 2 saturated heterocycles. The van der Waals surface area contributed by atoms with Crippen molar-refractivity contribution in [3.63, 3.8) is 0 Å². The van der Waals surface area contributed by atoms with Gasteiger partial charge in [-0.15, -0.1) is 0 Å². The van der Waals surface area contributed by atoms with Gasteiger partial charge in [-0.2, -0.15) is 0 Å². The summed E-state index contributed by atoms with van der Waals surface area (Å²) in [5, 5.41) is 0. The highest BCUT2D eigenvalue weighted by atomic mass is 79.9. The second kappa shape index (κ2) is 7.38. The average Bonchev–Trinajstić information content (AvgIpc) is 2.93. The Bertz CT molecular complexity index is 763. The van der Waals surface area contributed by atoms with Gasteiger partial charge in [-0.25, -0.2) is 0 Å². The van der Waals surface area contributed by atoms with Gasteiger partial charge in [0.15, 0.2) is 0 Å². The number of cyclic esters (lactones) is 1. The Kier molecular flexibility index (Phi) is 5.10. The van der Waals surface area contributed by atoms with E-state index in [1.807, 2.05) is 24.0 Å². The van der Waals surface area contributed by atoms with Gasteiger partial charge in [0.1, 0.15) is 6.10 Å². The number of aromatic nitrogens is 1. The van der Waals surface area contributed by atoms with Crippen molar-refractivity contribution in [2.45, 2.75) is 32.8 Å². The quantitative estimate of drug-likeness (QED) is 0.670. The van der Waals surface area contributed by atoms with E-state index in [-0.39, 0.29) is 35.7 Å². The lowest BCUT2D eigenvalue weighted by molar-refractivity contribution is -0.144. The van der Waals surface area contributed by atoms with Gasteiger partial charge in [0.25, 0.3) is 0 Å². The number of rotatable bonds is 2. The number of esters is 1. The van der Waals surface area contributed by atoms with E-state index in [4.69, 9.17) is 4.74 Å². The third-order valence-electron chi connectivity index (χ3n) is 6.58. The van der Waals surface area contributed by atoms with Crippen LogP contribution < -0.4 is 0 Å². The highest BCUT2D eigenvalue weighted by molar-refractivity contribution is 9.10. The Morgan fingerprint density at radius 3 is 2.93 bits per heavy atom. The Labute approximate surface area is 168 Å². The molecule has 6 heteroatoms. The molecule has 3 aliphatic rings. The van der Waals surface area contributed by atoms with Crippen molar-refractivity contribution in [1.29, 1.82) is 0 Å². The standard InChI is InChI=1S/C21H25BrN2O3/c1-12-20-18(6-5-16-4-3-15(22)10-23-16)17-7-8-24(13(2)25)11-14(17)9-19(20)21(26)27-12/h3-6,10,12,14,17-20H,7-9,11H2,1-2H3/b6-5+/t12-,14-,17-,18+,19-,20+/m1/s1. The van der Waals surface area contributed by atoms with Crippen LogP contribution in [0.15, 0.2) is 28.9 Å². The van der Waals surface area contributed by atoms with Crippen LogP contribution in [0, 0.1) is 29.6 Å². The molecule has 3 heterocycles. The maximum atomic E-state index is 12.4. The molecule has 1 aromatic rings. The molecule has 0 radical (unpaired) electrons. The molecule has 144 valence electrons. The van der Waals surface area contributed by atoms with Crippen molar-refractivity contribution in [3.8, 4) is 0 Å². The number of carbonyl (C=O) groups excluding carboxylic acids is 2. The molecule has 1 aromatic heterocycles. The fraction of sp³-hybridized carbons (Fsp3) is 0.571. The van der Waals surface area contributed by atoms with E-state index in [9.17, 15) is 9.59 Å². The monoisotopic (exact) mass is 432 g/mol. The van der Waals surface area contributed by atoms with Gasteiger partial charge < -0.3 is 9.64 Å². The first-order chi connectivity index (χ1) is 12.9. The molecule has 0 N–H and O–H groups in total. The molecular formula is C21H25BrN2O3. The third-order valence-corrected chi connectivity index (χ3v) is 7.05. The maximum Gasteiger partial charge on any atom is 0.309 e. The average molecular weight is 433 g/mol. The number of likely N-dealkylation sites (tertiary alicyclic amines) is 1. The van der Waals surface area contributed by atoms with E-state index in [1.54, 1.807) is 13.1 Å². The van der Waals surface area contributed by atoms with Crippen LogP contribution in [-0.4, -0.2) is 41.0 Å². The van der Waals surface area contributed by atoms with Crippen molar-refractivity contribution in [2.24, 2.45) is 29.6 Å².